The molecule has 2 heteroatoms. The summed E-state index contributed by atoms with van der Waals surface area (Å²) in [6.07, 6.45) is 2.05. The summed E-state index contributed by atoms with van der Waals surface area (Å²) in [4.78, 5) is 0. The molecule has 11 heavy (non-hydrogen) atoms. The van der Waals surface area contributed by atoms with Crippen LogP contribution in [0.25, 0.3) is 0 Å². The van der Waals surface area contributed by atoms with Crippen LogP contribution in [-0.2, 0) is 0 Å². The third-order valence-corrected chi connectivity index (χ3v) is 2.20. The molecule has 0 aliphatic heterocycles. The SMILES string of the molecule is CC(C)(C)C(CO)CCCN. The highest BCUT2D eigenvalue weighted by atomic mass is 16.3. The van der Waals surface area contributed by atoms with E-state index >= 15 is 0 Å². The Bertz CT molecular complexity index is 96.2. The monoisotopic (exact) mass is 159 g/mol. The molecule has 0 aromatic heterocycles. The van der Waals surface area contributed by atoms with Crippen molar-refractivity contribution in [2.75, 3.05) is 13.2 Å². The van der Waals surface area contributed by atoms with Crippen LogP contribution in [0.15, 0.2) is 0 Å². The molecule has 68 valence electrons. The normalized spacial score (nSPS) is 15.0. The van der Waals surface area contributed by atoms with E-state index in [-0.39, 0.29) is 12.0 Å². The largest absolute Gasteiger partial charge is 0.396 e. The second kappa shape index (κ2) is 4.73. The van der Waals surface area contributed by atoms with Gasteiger partial charge in [0.05, 0.1) is 0 Å². The van der Waals surface area contributed by atoms with Crippen LogP contribution in [0, 0.1) is 11.3 Å². The molecule has 0 bridgehead atoms. The Morgan fingerprint density at radius 1 is 1.36 bits per heavy atom. The average Bonchev–Trinajstić information content (AvgIpc) is 1.87. The van der Waals surface area contributed by atoms with E-state index < -0.39 is 0 Å². The number of hydrogen-bond acceptors (Lipinski definition) is 2. The van der Waals surface area contributed by atoms with Gasteiger partial charge in [-0.2, -0.15) is 0 Å². The number of hydrogen-bond donors (Lipinski definition) is 2. The average molecular weight is 159 g/mol. The van der Waals surface area contributed by atoms with E-state index in [1.54, 1.807) is 0 Å². The highest BCUT2D eigenvalue weighted by molar-refractivity contribution is 4.73. The van der Waals surface area contributed by atoms with Gasteiger partial charge in [-0.1, -0.05) is 20.8 Å². The van der Waals surface area contributed by atoms with Gasteiger partial charge < -0.3 is 10.8 Å². The Morgan fingerprint density at radius 3 is 2.18 bits per heavy atom. The lowest BCUT2D eigenvalue weighted by atomic mass is 9.79. The fourth-order valence-corrected chi connectivity index (χ4v) is 1.16. The lowest BCUT2D eigenvalue weighted by Crippen LogP contribution is -2.24. The van der Waals surface area contributed by atoms with Crippen molar-refractivity contribution in [1.29, 1.82) is 0 Å². The Kier molecular flexibility index (Phi) is 4.69. The minimum atomic E-state index is 0.212. The molecule has 0 aromatic carbocycles. The quantitative estimate of drug-likeness (QED) is 0.651. The molecular formula is C9H21NO. The summed E-state index contributed by atoms with van der Waals surface area (Å²) in [7, 11) is 0. The van der Waals surface area contributed by atoms with E-state index in [2.05, 4.69) is 20.8 Å². The van der Waals surface area contributed by atoms with Crippen LogP contribution in [-0.4, -0.2) is 18.3 Å². The maximum Gasteiger partial charge on any atom is 0.0464 e. The Hall–Kier alpha value is -0.0800. The minimum absolute atomic E-state index is 0.212. The standard InChI is InChI=1S/C9H21NO/c1-9(2,3)8(7-11)5-4-6-10/h8,11H,4-7,10H2,1-3H3. The van der Waals surface area contributed by atoms with Crippen molar-refractivity contribution in [2.24, 2.45) is 17.1 Å². The highest BCUT2D eigenvalue weighted by Gasteiger charge is 2.22. The lowest BCUT2D eigenvalue weighted by Gasteiger charge is -2.28. The summed E-state index contributed by atoms with van der Waals surface area (Å²) < 4.78 is 0. The van der Waals surface area contributed by atoms with Crippen LogP contribution >= 0.6 is 0 Å². The summed E-state index contributed by atoms with van der Waals surface area (Å²) in [6, 6.07) is 0. The van der Waals surface area contributed by atoms with Gasteiger partial charge in [-0.15, -0.1) is 0 Å². The predicted molar refractivity (Wildman–Crippen MR) is 48.3 cm³/mol. The molecule has 1 atom stereocenters. The van der Waals surface area contributed by atoms with Gasteiger partial charge >= 0.3 is 0 Å². The van der Waals surface area contributed by atoms with E-state index in [0.29, 0.717) is 5.92 Å². The third kappa shape index (κ3) is 4.38. The Balaban J connectivity index is 3.76. The van der Waals surface area contributed by atoms with Gasteiger partial charge in [-0.05, 0) is 30.7 Å². The van der Waals surface area contributed by atoms with Crippen LogP contribution in [0.1, 0.15) is 33.6 Å². The summed E-state index contributed by atoms with van der Waals surface area (Å²) in [5, 5.41) is 9.05. The topological polar surface area (TPSA) is 46.2 Å². The second-order valence-electron chi connectivity index (χ2n) is 4.18. The zero-order chi connectivity index (χ0) is 8.91. The second-order valence-corrected chi connectivity index (χ2v) is 4.18. The lowest BCUT2D eigenvalue weighted by molar-refractivity contribution is 0.122. The van der Waals surface area contributed by atoms with Crippen LogP contribution in [0.5, 0.6) is 0 Å². The third-order valence-electron chi connectivity index (χ3n) is 2.20. The van der Waals surface area contributed by atoms with E-state index in [0.717, 1.165) is 19.4 Å². The van der Waals surface area contributed by atoms with Gasteiger partial charge in [0.2, 0.25) is 0 Å². The molecule has 0 radical (unpaired) electrons. The van der Waals surface area contributed by atoms with Crippen molar-refractivity contribution in [2.45, 2.75) is 33.6 Å². The summed E-state index contributed by atoms with van der Waals surface area (Å²) >= 11 is 0. The Morgan fingerprint density at radius 2 is 1.91 bits per heavy atom. The van der Waals surface area contributed by atoms with E-state index in [1.807, 2.05) is 0 Å². The first-order valence-corrected chi connectivity index (χ1v) is 4.33. The molecule has 0 aromatic rings. The first-order valence-electron chi connectivity index (χ1n) is 4.33. The van der Waals surface area contributed by atoms with Gasteiger partial charge in [0, 0.05) is 6.61 Å². The molecule has 0 saturated heterocycles. The minimum Gasteiger partial charge on any atom is -0.396 e. The van der Waals surface area contributed by atoms with Crippen molar-refractivity contribution < 1.29 is 5.11 Å². The Labute approximate surface area is 69.8 Å². The van der Waals surface area contributed by atoms with Crippen molar-refractivity contribution in [1.82, 2.24) is 0 Å². The van der Waals surface area contributed by atoms with Crippen LogP contribution < -0.4 is 5.73 Å². The summed E-state index contributed by atoms with van der Waals surface area (Å²) in [5.74, 6) is 0.394. The number of nitrogens with two attached hydrogens (primary N) is 1. The van der Waals surface area contributed by atoms with Gasteiger partial charge in [0.15, 0.2) is 0 Å². The molecular weight excluding hydrogens is 138 g/mol. The van der Waals surface area contributed by atoms with Crippen LogP contribution in [0.4, 0.5) is 0 Å². The molecule has 0 rings (SSSR count). The highest BCUT2D eigenvalue weighted by Crippen LogP contribution is 2.28. The van der Waals surface area contributed by atoms with Gasteiger partial charge in [-0.25, -0.2) is 0 Å². The zero-order valence-electron chi connectivity index (χ0n) is 7.93. The fourth-order valence-electron chi connectivity index (χ4n) is 1.16. The van der Waals surface area contributed by atoms with Crippen molar-refractivity contribution >= 4 is 0 Å². The molecule has 0 saturated carbocycles. The smallest absolute Gasteiger partial charge is 0.0464 e. The molecule has 0 amide bonds. The van der Waals surface area contributed by atoms with Crippen LogP contribution in [0.3, 0.4) is 0 Å². The molecule has 0 fully saturated rings. The first-order chi connectivity index (χ1) is 5.02. The maximum absolute atomic E-state index is 9.05. The predicted octanol–water partition coefficient (Wildman–Crippen LogP) is 1.38. The summed E-state index contributed by atoms with van der Waals surface area (Å²) in [5.41, 5.74) is 5.61. The van der Waals surface area contributed by atoms with Crippen LogP contribution in [0.2, 0.25) is 0 Å². The summed E-state index contributed by atoms with van der Waals surface area (Å²) in [6.45, 7) is 7.48. The van der Waals surface area contributed by atoms with Gasteiger partial charge in [0.25, 0.3) is 0 Å². The van der Waals surface area contributed by atoms with Crippen molar-refractivity contribution in [3.05, 3.63) is 0 Å². The van der Waals surface area contributed by atoms with E-state index in [9.17, 15) is 0 Å². The van der Waals surface area contributed by atoms with E-state index in [1.165, 1.54) is 0 Å². The number of aliphatic hydroxyl groups is 1. The fraction of sp³-hybridized carbons (Fsp3) is 1.00. The number of rotatable bonds is 4. The maximum atomic E-state index is 9.05. The van der Waals surface area contributed by atoms with E-state index in [4.69, 9.17) is 10.8 Å². The zero-order valence-corrected chi connectivity index (χ0v) is 7.93. The molecule has 3 N–H and O–H groups in total. The molecule has 2 nitrogen and oxygen atoms in total. The van der Waals surface area contributed by atoms with Gasteiger partial charge in [-0.3, -0.25) is 0 Å². The molecule has 0 heterocycles. The van der Waals surface area contributed by atoms with Crippen molar-refractivity contribution in [3.63, 3.8) is 0 Å². The number of aliphatic hydroxyl groups excluding tert-OH is 1. The molecule has 0 spiro atoms. The first kappa shape index (κ1) is 10.9. The van der Waals surface area contributed by atoms with Gasteiger partial charge in [0.1, 0.15) is 0 Å². The van der Waals surface area contributed by atoms with Crippen molar-refractivity contribution in [3.8, 4) is 0 Å². The molecule has 0 aliphatic rings. The molecule has 1 unspecified atom stereocenters. The molecule has 0 aliphatic carbocycles.